The van der Waals surface area contributed by atoms with Gasteiger partial charge in [-0.1, -0.05) is 17.7 Å². The van der Waals surface area contributed by atoms with E-state index in [2.05, 4.69) is 0 Å². The van der Waals surface area contributed by atoms with Gasteiger partial charge in [0.15, 0.2) is 0 Å². The fourth-order valence-corrected chi connectivity index (χ4v) is 0.425. The molecule has 7 heavy (non-hydrogen) atoms. The Hall–Kier alpha value is -0.0100. The maximum absolute atomic E-state index is 5.22. The average Bonchev–Trinajstić information content (AvgIpc) is 1.69. The molecule has 0 atom stereocenters. The van der Waals surface area contributed by atoms with Gasteiger partial charge in [-0.05, 0) is 19.4 Å². The van der Waals surface area contributed by atoms with E-state index in [4.69, 9.17) is 17.3 Å². The quantitative estimate of drug-likeness (QED) is 0.560. The Bertz CT molecular complexity index is 52.0. The van der Waals surface area contributed by atoms with Gasteiger partial charge in [0.05, 0.1) is 0 Å². The van der Waals surface area contributed by atoms with Crippen LogP contribution in [0.25, 0.3) is 0 Å². The van der Waals surface area contributed by atoms with Crippen LogP contribution in [0.5, 0.6) is 0 Å². The lowest BCUT2D eigenvalue weighted by Crippen LogP contribution is -1.96. The zero-order valence-electron chi connectivity index (χ0n) is 4.23. The number of halogens is 1. The largest absolute Gasteiger partial charge is 0.330 e. The van der Waals surface area contributed by atoms with Crippen molar-refractivity contribution in [2.75, 3.05) is 6.54 Å². The molecular weight excluding hydrogens is 110 g/mol. The topological polar surface area (TPSA) is 26.0 Å². The van der Waals surface area contributed by atoms with E-state index in [1.54, 1.807) is 0 Å². The summed E-state index contributed by atoms with van der Waals surface area (Å²) in [6.07, 6.45) is 3.93. The Labute approximate surface area is 49.2 Å². The monoisotopic (exact) mass is 119 g/mol. The summed E-state index contributed by atoms with van der Waals surface area (Å²) in [6.45, 7) is 0.751. The predicted octanol–water partition coefficient (Wildman–Crippen LogP) is 1.48. The standard InChI is InChI=1S/C5H10ClN/c6-4-2-1-3-5-7/h2,4H,1,3,5,7H2/b4-2+. The number of rotatable bonds is 3. The van der Waals surface area contributed by atoms with Gasteiger partial charge >= 0.3 is 0 Å². The molecule has 0 aromatic carbocycles. The van der Waals surface area contributed by atoms with Crippen molar-refractivity contribution in [1.82, 2.24) is 0 Å². The van der Waals surface area contributed by atoms with E-state index in [0.29, 0.717) is 0 Å². The molecule has 0 rings (SSSR count). The minimum absolute atomic E-state index is 0.751. The van der Waals surface area contributed by atoms with Crippen LogP contribution in [0.3, 0.4) is 0 Å². The smallest absolute Gasteiger partial charge is 0.000246 e. The third-order valence-electron chi connectivity index (χ3n) is 0.664. The minimum atomic E-state index is 0.751. The van der Waals surface area contributed by atoms with E-state index < -0.39 is 0 Å². The van der Waals surface area contributed by atoms with E-state index in [0.717, 1.165) is 19.4 Å². The molecule has 0 saturated carbocycles. The van der Waals surface area contributed by atoms with Crippen LogP contribution in [0, 0.1) is 0 Å². The summed E-state index contributed by atoms with van der Waals surface area (Å²) in [5, 5.41) is 0. The SMILES string of the molecule is NCCC/C=C/Cl. The normalized spacial score (nSPS) is 10.6. The van der Waals surface area contributed by atoms with Crippen molar-refractivity contribution in [3.05, 3.63) is 11.6 Å². The second-order valence-corrected chi connectivity index (χ2v) is 1.54. The summed E-state index contributed by atoms with van der Waals surface area (Å²) in [6, 6.07) is 0. The third-order valence-corrected chi connectivity index (χ3v) is 0.842. The molecule has 0 aliphatic rings. The molecular formula is C5H10ClN. The molecule has 2 heteroatoms. The summed E-state index contributed by atoms with van der Waals surface area (Å²) in [7, 11) is 0. The predicted molar refractivity (Wildman–Crippen MR) is 33.3 cm³/mol. The zero-order valence-corrected chi connectivity index (χ0v) is 4.99. The fraction of sp³-hybridized carbons (Fsp3) is 0.600. The van der Waals surface area contributed by atoms with Crippen molar-refractivity contribution in [2.24, 2.45) is 5.73 Å². The molecule has 42 valence electrons. The molecule has 0 heterocycles. The van der Waals surface area contributed by atoms with E-state index in [-0.39, 0.29) is 0 Å². The van der Waals surface area contributed by atoms with Crippen molar-refractivity contribution in [3.8, 4) is 0 Å². The Morgan fingerprint density at radius 1 is 1.57 bits per heavy atom. The molecule has 0 aromatic heterocycles. The zero-order chi connectivity index (χ0) is 5.54. The van der Waals surface area contributed by atoms with Crippen molar-refractivity contribution >= 4 is 11.6 Å². The number of unbranched alkanes of at least 4 members (excludes halogenated alkanes) is 1. The van der Waals surface area contributed by atoms with Crippen LogP contribution in [-0.4, -0.2) is 6.54 Å². The highest BCUT2D eigenvalue weighted by molar-refractivity contribution is 6.25. The summed E-state index contributed by atoms with van der Waals surface area (Å²) in [5.74, 6) is 0. The highest BCUT2D eigenvalue weighted by Crippen LogP contribution is 1.88. The second kappa shape index (κ2) is 5.99. The van der Waals surface area contributed by atoms with Gasteiger partial charge in [-0.25, -0.2) is 0 Å². The van der Waals surface area contributed by atoms with E-state index in [1.165, 1.54) is 5.54 Å². The average molecular weight is 120 g/mol. The van der Waals surface area contributed by atoms with Crippen LogP contribution in [0.1, 0.15) is 12.8 Å². The van der Waals surface area contributed by atoms with Crippen LogP contribution in [-0.2, 0) is 0 Å². The molecule has 0 amide bonds. The van der Waals surface area contributed by atoms with Gasteiger partial charge in [0.25, 0.3) is 0 Å². The summed E-state index contributed by atoms with van der Waals surface area (Å²) in [4.78, 5) is 0. The van der Waals surface area contributed by atoms with E-state index in [9.17, 15) is 0 Å². The lowest BCUT2D eigenvalue weighted by atomic mass is 10.3. The van der Waals surface area contributed by atoms with Crippen LogP contribution < -0.4 is 5.73 Å². The maximum Gasteiger partial charge on any atom is 0.000246 e. The Morgan fingerprint density at radius 2 is 2.29 bits per heavy atom. The maximum atomic E-state index is 5.22. The van der Waals surface area contributed by atoms with Crippen molar-refractivity contribution in [3.63, 3.8) is 0 Å². The molecule has 0 spiro atoms. The number of hydrogen-bond donors (Lipinski definition) is 1. The first-order valence-electron chi connectivity index (χ1n) is 2.37. The fourth-order valence-electron chi connectivity index (χ4n) is 0.299. The molecule has 0 radical (unpaired) electrons. The van der Waals surface area contributed by atoms with E-state index in [1.807, 2.05) is 6.08 Å². The molecule has 0 saturated heterocycles. The van der Waals surface area contributed by atoms with Gasteiger partial charge in [-0.2, -0.15) is 0 Å². The Kier molecular flexibility index (Phi) is 5.98. The van der Waals surface area contributed by atoms with E-state index >= 15 is 0 Å². The Morgan fingerprint density at radius 3 is 2.71 bits per heavy atom. The first-order valence-corrected chi connectivity index (χ1v) is 2.80. The summed E-state index contributed by atoms with van der Waals surface area (Å²) >= 11 is 5.22. The molecule has 0 aliphatic heterocycles. The first kappa shape index (κ1) is 6.99. The van der Waals surface area contributed by atoms with Gasteiger partial charge in [-0.3, -0.25) is 0 Å². The summed E-state index contributed by atoms with van der Waals surface area (Å²) < 4.78 is 0. The lowest BCUT2D eigenvalue weighted by Gasteiger charge is -1.83. The highest BCUT2D eigenvalue weighted by Gasteiger charge is 1.73. The molecule has 0 fully saturated rings. The van der Waals surface area contributed by atoms with Gasteiger partial charge in [0.1, 0.15) is 0 Å². The lowest BCUT2D eigenvalue weighted by molar-refractivity contribution is 0.856. The number of allylic oxidation sites excluding steroid dienone is 1. The molecule has 0 aromatic rings. The molecule has 0 unspecified atom stereocenters. The van der Waals surface area contributed by atoms with Crippen LogP contribution in [0.15, 0.2) is 11.6 Å². The van der Waals surface area contributed by atoms with Gasteiger partial charge < -0.3 is 5.73 Å². The van der Waals surface area contributed by atoms with Crippen LogP contribution in [0.2, 0.25) is 0 Å². The summed E-state index contributed by atoms with van der Waals surface area (Å²) in [5.41, 5.74) is 6.72. The van der Waals surface area contributed by atoms with Gasteiger partial charge in [-0.15, -0.1) is 0 Å². The van der Waals surface area contributed by atoms with Crippen molar-refractivity contribution in [2.45, 2.75) is 12.8 Å². The van der Waals surface area contributed by atoms with Gasteiger partial charge in [0, 0.05) is 5.54 Å². The highest BCUT2D eigenvalue weighted by atomic mass is 35.5. The molecule has 0 bridgehead atoms. The second-order valence-electron chi connectivity index (χ2n) is 1.29. The number of nitrogens with two attached hydrogens (primary N) is 1. The molecule has 1 nitrogen and oxygen atoms in total. The molecule has 2 N–H and O–H groups in total. The first-order chi connectivity index (χ1) is 3.41. The van der Waals surface area contributed by atoms with Crippen molar-refractivity contribution < 1.29 is 0 Å². The molecule has 0 aliphatic carbocycles. The van der Waals surface area contributed by atoms with Gasteiger partial charge in [0.2, 0.25) is 0 Å². The van der Waals surface area contributed by atoms with Crippen LogP contribution >= 0.6 is 11.6 Å². The minimum Gasteiger partial charge on any atom is -0.330 e. The Balaban J connectivity index is 2.69. The number of hydrogen-bond acceptors (Lipinski definition) is 1. The van der Waals surface area contributed by atoms with Crippen molar-refractivity contribution in [1.29, 1.82) is 0 Å². The van der Waals surface area contributed by atoms with Crippen LogP contribution in [0.4, 0.5) is 0 Å². The third kappa shape index (κ3) is 5.99.